The van der Waals surface area contributed by atoms with Gasteiger partial charge in [-0.3, -0.25) is 14.3 Å². The van der Waals surface area contributed by atoms with E-state index in [0.29, 0.717) is 47.9 Å². The molecule has 0 radical (unpaired) electrons. The molecule has 4 aromatic rings. The van der Waals surface area contributed by atoms with Gasteiger partial charge in [-0.2, -0.15) is 5.10 Å². The van der Waals surface area contributed by atoms with Gasteiger partial charge < -0.3 is 19.8 Å². The molecule has 1 aromatic carbocycles. The summed E-state index contributed by atoms with van der Waals surface area (Å²) in [6.45, 7) is 3.68. The van der Waals surface area contributed by atoms with E-state index in [1.165, 1.54) is 0 Å². The minimum absolute atomic E-state index is 0.0986. The van der Waals surface area contributed by atoms with E-state index in [9.17, 15) is 9.59 Å². The Kier molecular flexibility index (Phi) is 6.51. The van der Waals surface area contributed by atoms with Crippen molar-refractivity contribution in [3.63, 3.8) is 0 Å². The second-order valence-corrected chi connectivity index (χ2v) is 9.81. The first-order valence-electron chi connectivity index (χ1n) is 12.9. The maximum atomic E-state index is 13.4. The quantitative estimate of drug-likeness (QED) is 0.401. The molecule has 1 aliphatic heterocycles. The van der Waals surface area contributed by atoms with E-state index in [0.717, 1.165) is 35.7 Å². The first-order chi connectivity index (χ1) is 18.6. The van der Waals surface area contributed by atoms with Gasteiger partial charge in [0.25, 0.3) is 11.5 Å². The van der Waals surface area contributed by atoms with Crippen molar-refractivity contribution < 1.29 is 14.3 Å². The topological polar surface area (TPSA) is 111 Å². The zero-order chi connectivity index (χ0) is 26.1. The van der Waals surface area contributed by atoms with E-state index in [1.54, 1.807) is 18.5 Å². The summed E-state index contributed by atoms with van der Waals surface area (Å²) in [6, 6.07) is 9.42. The van der Waals surface area contributed by atoms with Gasteiger partial charge in [0.2, 0.25) is 5.88 Å². The molecule has 3 aromatic heterocycles. The number of ether oxygens (including phenoxy) is 2. The van der Waals surface area contributed by atoms with E-state index in [1.807, 2.05) is 54.1 Å². The zero-order valence-electron chi connectivity index (χ0n) is 21.1. The number of aromatic nitrogens is 4. The lowest BCUT2D eigenvalue weighted by atomic mass is 9.99. The number of nitrogens with one attached hydrogen (secondary N) is 2. The molecular formula is C29H29N5O4. The highest BCUT2D eigenvalue weighted by Gasteiger charge is 2.22. The smallest absolute Gasteiger partial charge is 0.259 e. The Bertz CT molecular complexity index is 1610. The van der Waals surface area contributed by atoms with Gasteiger partial charge in [-0.1, -0.05) is 12.1 Å². The SMILES string of the molecule is Cc1cc2[nH]c(=O)c3cnn(C4CCOCC4)c3c2cc1C(=O)NCC1C=C(Oc2ccccn2)C=CC1. The largest absolute Gasteiger partial charge is 0.439 e. The highest BCUT2D eigenvalue weighted by atomic mass is 16.5. The number of carbonyl (C=O) groups is 1. The lowest BCUT2D eigenvalue weighted by Gasteiger charge is -2.23. The van der Waals surface area contributed by atoms with Gasteiger partial charge in [-0.05, 0) is 62.1 Å². The standard InChI is InChI=1S/C29H29N5O4/c1-18-13-25-23(27-24(29(36)33-25)17-32-34(27)20-8-11-37-12-9-20)15-22(18)28(35)31-16-19-5-4-6-21(14-19)38-26-7-2-3-10-30-26/h2-4,6-7,10,13-15,17,19-20H,5,8-9,11-12,16H2,1H3,(H,31,35)(H,33,36). The van der Waals surface area contributed by atoms with Crippen molar-refractivity contribution in [1.82, 2.24) is 25.1 Å². The third kappa shape index (κ3) is 4.72. The number of hydrogen-bond donors (Lipinski definition) is 2. The van der Waals surface area contributed by atoms with Crippen LogP contribution in [0.15, 0.2) is 71.5 Å². The van der Waals surface area contributed by atoms with Crippen LogP contribution in [0.2, 0.25) is 0 Å². The van der Waals surface area contributed by atoms with Gasteiger partial charge in [0, 0.05) is 48.9 Å². The Morgan fingerprint density at radius 2 is 2.11 bits per heavy atom. The van der Waals surface area contributed by atoms with Crippen LogP contribution < -0.4 is 15.6 Å². The number of fused-ring (bicyclic) bond motifs is 3. The van der Waals surface area contributed by atoms with Gasteiger partial charge in [0.05, 0.1) is 28.7 Å². The second-order valence-electron chi connectivity index (χ2n) is 9.81. The van der Waals surface area contributed by atoms with Crippen LogP contribution in [-0.4, -0.2) is 45.4 Å². The number of hydrogen-bond acceptors (Lipinski definition) is 6. The predicted molar refractivity (Wildman–Crippen MR) is 144 cm³/mol. The predicted octanol–water partition coefficient (Wildman–Crippen LogP) is 4.20. The average molecular weight is 512 g/mol. The molecule has 4 heterocycles. The molecule has 1 amide bonds. The summed E-state index contributed by atoms with van der Waals surface area (Å²) in [5, 5.41) is 9.00. The van der Waals surface area contributed by atoms with Crippen LogP contribution in [0.3, 0.4) is 0 Å². The van der Waals surface area contributed by atoms with Gasteiger partial charge in [0.1, 0.15) is 5.76 Å². The highest BCUT2D eigenvalue weighted by Crippen LogP contribution is 2.30. The van der Waals surface area contributed by atoms with Crippen molar-refractivity contribution in [2.24, 2.45) is 5.92 Å². The molecule has 9 nitrogen and oxygen atoms in total. The summed E-state index contributed by atoms with van der Waals surface area (Å²) in [6.07, 6.45) is 11.8. The number of benzene rings is 1. The van der Waals surface area contributed by atoms with E-state index >= 15 is 0 Å². The Morgan fingerprint density at radius 3 is 2.92 bits per heavy atom. The first-order valence-corrected chi connectivity index (χ1v) is 12.9. The fourth-order valence-corrected chi connectivity index (χ4v) is 5.22. The van der Waals surface area contributed by atoms with E-state index in [-0.39, 0.29) is 23.4 Å². The molecule has 2 aliphatic rings. The molecule has 0 spiro atoms. The van der Waals surface area contributed by atoms with E-state index in [2.05, 4.69) is 20.4 Å². The summed E-state index contributed by atoms with van der Waals surface area (Å²) < 4.78 is 13.3. The molecule has 0 bridgehead atoms. The van der Waals surface area contributed by atoms with Crippen LogP contribution >= 0.6 is 0 Å². The van der Waals surface area contributed by atoms with Crippen LogP contribution in [-0.2, 0) is 4.74 Å². The molecule has 1 atom stereocenters. The van der Waals surface area contributed by atoms with Crippen LogP contribution in [0.25, 0.3) is 21.8 Å². The summed E-state index contributed by atoms with van der Waals surface area (Å²) in [7, 11) is 0. The van der Waals surface area contributed by atoms with Crippen molar-refractivity contribution in [2.45, 2.75) is 32.2 Å². The van der Waals surface area contributed by atoms with Gasteiger partial charge in [0.15, 0.2) is 0 Å². The molecule has 9 heteroatoms. The van der Waals surface area contributed by atoms with Crippen molar-refractivity contribution in [1.29, 1.82) is 0 Å². The number of amides is 1. The van der Waals surface area contributed by atoms with Crippen molar-refractivity contribution in [2.75, 3.05) is 19.8 Å². The number of nitrogens with zero attached hydrogens (tertiary/aromatic N) is 3. The lowest BCUT2D eigenvalue weighted by Crippen LogP contribution is -2.30. The van der Waals surface area contributed by atoms with Gasteiger partial charge >= 0.3 is 0 Å². The fourth-order valence-electron chi connectivity index (χ4n) is 5.22. The third-order valence-electron chi connectivity index (χ3n) is 7.20. The van der Waals surface area contributed by atoms with Crippen LogP contribution in [0, 0.1) is 12.8 Å². The Hall–Kier alpha value is -4.24. The molecule has 1 fully saturated rings. The zero-order valence-corrected chi connectivity index (χ0v) is 21.1. The normalized spacial score (nSPS) is 18.0. The number of aryl methyl sites for hydroxylation is 1. The summed E-state index contributed by atoms with van der Waals surface area (Å²) >= 11 is 0. The van der Waals surface area contributed by atoms with Crippen molar-refractivity contribution in [3.8, 4) is 5.88 Å². The molecule has 1 saturated heterocycles. The number of aromatic amines is 1. The molecule has 38 heavy (non-hydrogen) atoms. The minimum atomic E-state index is -0.178. The molecule has 194 valence electrons. The number of rotatable bonds is 6. The van der Waals surface area contributed by atoms with E-state index in [4.69, 9.17) is 9.47 Å². The maximum Gasteiger partial charge on any atom is 0.259 e. The van der Waals surface area contributed by atoms with Crippen LogP contribution in [0.5, 0.6) is 5.88 Å². The van der Waals surface area contributed by atoms with Gasteiger partial charge in [-0.15, -0.1) is 0 Å². The Labute approximate surface area is 219 Å². The minimum Gasteiger partial charge on any atom is -0.439 e. The summed E-state index contributed by atoms with van der Waals surface area (Å²) in [5.74, 6) is 1.19. The maximum absolute atomic E-state index is 13.4. The number of allylic oxidation sites excluding steroid dienone is 2. The van der Waals surface area contributed by atoms with Gasteiger partial charge in [-0.25, -0.2) is 4.98 Å². The molecular weight excluding hydrogens is 482 g/mol. The Balaban J connectivity index is 1.26. The van der Waals surface area contributed by atoms with Crippen molar-refractivity contribution in [3.05, 3.63) is 88.2 Å². The second kappa shape index (κ2) is 10.3. The lowest BCUT2D eigenvalue weighted by molar-refractivity contribution is 0.0675. The van der Waals surface area contributed by atoms with E-state index < -0.39 is 0 Å². The molecule has 0 saturated carbocycles. The number of carbonyl (C=O) groups excluding carboxylic acids is 1. The molecule has 1 aliphatic carbocycles. The molecule has 6 rings (SSSR count). The molecule has 2 N–H and O–H groups in total. The van der Waals surface area contributed by atoms with Crippen LogP contribution in [0.4, 0.5) is 0 Å². The monoisotopic (exact) mass is 511 g/mol. The summed E-state index contributed by atoms with van der Waals surface area (Å²) in [5.41, 5.74) is 2.65. The number of H-pyrrole nitrogens is 1. The fraction of sp³-hybridized carbons (Fsp3) is 0.310. The molecule has 1 unspecified atom stereocenters. The van der Waals surface area contributed by atoms with Crippen LogP contribution in [0.1, 0.15) is 41.2 Å². The summed E-state index contributed by atoms with van der Waals surface area (Å²) in [4.78, 5) is 33.3. The number of pyridine rings is 2. The third-order valence-corrected chi connectivity index (χ3v) is 7.20. The Morgan fingerprint density at radius 1 is 1.24 bits per heavy atom. The average Bonchev–Trinajstić information content (AvgIpc) is 3.39. The van der Waals surface area contributed by atoms with Crippen molar-refractivity contribution >= 4 is 27.7 Å². The first kappa shape index (κ1) is 24.1. The highest BCUT2D eigenvalue weighted by molar-refractivity contribution is 6.07.